The molecule has 2 aromatic carbocycles. The van der Waals surface area contributed by atoms with Crippen LogP contribution in [-0.2, 0) is 6.42 Å². The normalized spacial score (nSPS) is 11.9. The Hall–Kier alpha value is -2.68. The van der Waals surface area contributed by atoms with Gasteiger partial charge in [0.05, 0.1) is 6.61 Å². The molecule has 1 aromatic heterocycles. The predicted molar refractivity (Wildman–Crippen MR) is 143 cm³/mol. The van der Waals surface area contributed by atoms with E-state index in [2.05, 4.69) is 66.3 Å². The molecule has 3 nitrogen and oxygen atoms in total. The molecular formula is C31H42N2O. The molecule has 1 heterocycles. The second kappa shape index (κ2) is 15.3. The van der Waals surface area contributed by atoms with Gasteiger partial charge in [-0.25, -0.2) is 9.97 Å². The SMILES string of the molecule is CCCCCCCCc1cnc(-c2ccc(OCCCC(CCC)c3ccccc3)cc2)nc1. The highest BCUT2D eigenvalue weighted by atomic mass is 16.5. The second-order valence-corrected chi connectivity index (χ2v) is 9.34. The summed E-state index contributed by atoms with van der Waals surface area (Å²) >= 11 is 0. The highest BCUT2D eigenvalue weighted by Crippen LogP contribution is 2.26. The molecule has 0 saturated carbocycles. The maximum atomic E-state index is 6.02. The van der Waals surface area contributed by atoms with E-state index in [1.807, 2.05) is 24.5 Å². The van der Waals surface area contributed by atoms with Gasteiger partial charge in [-0.1, -0.05) is 82.7 Å². The van der Waals surface area contributed by atoms with Crippen LogP contribution in [0.4, 0.5) is 0 Å². The Morgan fingerprint density at radius 1 is 0.706 bits per heavy atom. The van der Waals surface area contributed by atoms with Gasteiger partial charge in [0.25, 0.3) is 0 Å². The minimum absolute atomic E-state index is 0.623. The van der Waals surface area contributed by atoms with E-state index in [-0.39, 0.29) is 0 Å². The van der Waals surface area contributed by atoms with Crippen molar-refractivity contribution in [2.75, 3.05) is 6.61 Å². The Bertz CT molecular complexity index is 906. The van der Waals surface area contributed by atoms with Gasteiger partial charge in [-0.2, -0.15) is 0 Å². The molecule has 3 rings (SSSR count). The zero-order chi connectivity index (χ0) is 23.8. The number of unbranched alkanes of at least 4 members (excludes halogenated alkanes) is 5. The highest BCUT2D eigenvalue weighted by molar-refractivity contribution is 5.55. The number of ether oxygens (including phenoxy) is 1. The first-order valence-electron chi connectivity index (χ1n) is 13.4. The van der Waals surface area contributed by atoms with Crippen molar-refractivity contribution in [1.82, 2.24) is 9.97 Å². The molecule has 0 saturated heterocycles. The zero-order valence-electron chi connectivity index (χ0n) is 21.2. The van der Waals surface area contributed by atoms with Crippen LogP contribution in [0, 0.1) is 0 Å². The molecule has 0 fully saturated rings. The lowest BCUT2D eigenvalue weighted by molar-refractivity contribution is 0.300. The van der Waals surface area contributed by atoms with Crippen molar-refractivity contribution < 1.29 is 4.74 Å². The largest absolute Gasteiger partial charge is 0.494 e. The van der Waals surface area contributed by atoms with Gasteiger partial charge in [0.15, 0.2) is 5.82 Å². The predicted octanol–water partition coefficient (Wildman–Crippen LogP) is 8.79. The van der Waals surface area contributed by atoms with Crippen LogP contribution in [0.25, 0.3) is 11.4 Å². The van der Waals surface area contributed by atoms with Crippen LogP contribution >= 0.6 is 0 Å². The Balaban J connectivity index is 1.40. The summed E-state index contributed by atoms with van der Waals surface area (Å²) < 4.78 is 6.02. The molecule has 0 aliphatic heterocycles. The summed E-state index contributed by atoms with van der Waals surface area (Å²) in [5.41, 5.74) is 3.72. The van der Waals surface area contributed by atoms with Gasteiger partial charge in [0.1, 0.15) is 5.75 Å². The topological polar surface area (TPSA) is 35.0 Å². The van der Waals surface area contributed by atoms with Gasteiger partial charge in [-0.15, -0.1) is 0 Å². The van der Waals surface area contributed by atoms with Crippen molar-refractivity contribution in [3.8, 4) is 17.1 Å². The summed E-state index contributed by atoms with van der Waals surface area (Å²) in [6.45, 7) is 5.27. The van der Waals surface area contributed by atoms with E-state index < -0.39 is 0 Å². The van der Waals surface area contributed by atoms with Crippen molar-refractivity contribution in [3.63, 3.8) is 0 Å². The van der Waals surface area contributed by atoms with E-state index in [1.165, 1.54) is 62.5 Å². The third-order valence-electron chi connectivity index (χ3n) is 6.51. The molecular weight excluding hydrogens is 416 g/mol. The first-order chi connectivity index (χ1) is 16.8. The fourth-order valence-corrected chi connectivity index (χ4v) is 4.51. The molecule has 0 radical (unpaired) electrons. The van der Waals surface area contributed by atoms with Gasteiger partial charge >= 0.3 is 0 Å². The number of aromatic nitrogens is 2. The average molecular weight is 459 g/mol. The van der Waals surface area contributed by atoms with E-state index in [0.29, 0.717) is 5.92 Å². The van der Waals surface area contributed by atoms with Gasteiger partial charge in [0.2, 0.25) is 0 Å². The summed E-state index contributed by atoms with van der Waals surface area (Å²) in [7, 11) is 0. The van der Waals surface area contributed by atoms with Gasteiger partial charge in [-0.3, -0.25) is 0 Å². The standard InChI is InChI=1S/C31H42N2O/c1-3-5-6-7-8-10-15-26-24-32-31(33-25-26)29-19-21-30(22-20-29)34-23-13-18-27(14-4-2)28-16-11-9-12-17-28/h9,11-12,16-17,19-22,24-25,27H,3-8,10,13-15,18,23H2,1-2H3. The van der Waals surface area contributed by atoms with Crippen LogP contribution in [0.15, 0.2) is 67.0 Å². The first kappa shape index (κ1) is 25.9. The van der Waals surface area contributed by atoms with E-state index in [1.54, 1.807) is 0 Å². The zero-order valence-corrected chi connectivity index (χ0v) is 21.2. The van der Waals surface area contributed by atoms with Crippen LogP contribution < -0.4 is 4.74 Å². The third kappa shape index (κ3) is 8.93. The Labute approximate surface area is 207 Å². The number of hydrogen-bond donors (Lipinski definition) is 0. The lowest BCUT2D eigenvalue weighted by atomic mass is 9.90. The molecule has 0 spiro atoms. The Morgan fingerprint density at radius 2 is 1.41 bits per heavy atom. The molecule has 1 atom stereocenters. The van der Waals surface area contributed by atoms with E-state index in [0.717, 1.165) is 43.0 Å². The van der Waals surface area contributed by atoms with E-state index >= 15 is 0 Å². The number of rotatable bonds is 16. The summed E-state index contributed by atoms with van der Waals surface area (Å²) in [6, 6.07) is 19.1. The van der Waals surface area contributed by atoms with Crippen molar-refractivity contribution in [3.05, 3.63) is 78.1 Å². The van der Waals surface area contributed by atoms with E-state index in [4.69, 9.17) is 4.74 Å². The average Bonchev–Trinajstić information content (AvgIpc) is 2.89. The molecule has 0 aliphatic rings. The monoisotopic (exact) mass is 458 g/mol. The lowest BCUT2D eigenvalue weighted by Crippen LogP contribution is -2.03. The number of benzene rings is 2. The lowest BCUT2D eigenvalue weighted by Gasteiger charge is -2.16. The van der Waals surface area contributed by atoms with Crippen LogP contribution in [-0.4, -0.2) is 16.6 Å². The highest BCUT2D eigenvalue weighted by Gasteiger charge is 2.10. The van der Waals surface area contributed by atoms with Crippen molar-refractivity contribution in [2.45, 2.75) is 90.4 Å². The van der Waals surface area contributed by atoms with E-state index in [9.17, 15) is 0 Å². The summed E-state index contributed by atoms with van der Waals surface area (Å²) in [5.74, 6) is 2.32. The smallest absolute Gasteiger partial charge is 0.159 e. The molecule has 0 amide bonds. The first-order valence-corrected chi connectivity index (χ1v) is 13.4. The molecule has 1 unspecified atom stereocenters. The number of hydrogen-bond acceptors (Lipinski definition) is 3. The summed E-state index contributed by atoms with van der Waals surface area (Å²) in [5, 5.41) is 0. The third-order valence-corrected chi connectivity index (χ3v) is 6.51. The summed E-state index contributed by atoms with van der Waals surface area (Å²) in [4.78, 5) is 9.19. The molecule has 0 N–H and O–H groups in total. The Kier molecular flexibility index (Phi) is 11.6. The van der Waals surface area contributed by atoms with Crippen LogP contribution in [0.2, 0.25) is 0 Å². The molecule has 182 valence electrons. The van der Waals surface area contributed by atoms with Crippen LogP contribution in [0.1, 0.15) is 95.1 Å². The van der Waals surface area contributed by atoms with Crippen molar-refractivity contribution >= 4 is 0 Å². The molecule has 3 heteroatoms. The second-order valence-electron chi connectivity index (χ2n) is 9.34. The van der Waals surface area contributed by atoms with Crippen LogP contribution in [0.5, 0.6) is 5.75 Å². The van der Waals surface area contributed by atoms with Gasteiger partial charge < -0.3 is 4.74 Å². The quantitative estimate of drug-likeness (QED) is 0.201. The van der Waals surface area contributed by atoms with Crippen LogP contribution in [0.3, 0.4) is 0 Å². The van der Waals surface area contributed by atoms with Gasteiger partial charge in [0, 0.05) is 18.0 Å². The fraction of sp³-hybridized carbons (Fsp3) is 0.484. The minimum Gasteiger partial charge on any atom is -0.494 e. The maximum Gasteiger partial charge on any atom is 0.159 e. The molecule has 0 aliphatic carbocycles. The van der Waals surface area contributed by atoms with Gasteiger partial charge in [-0.05, 0) is 73.4 Å². The Morgan fingerprint density at radius 3 is 2.12 bits per heavy atom. The van der Waals surface area contributed by atoms with Crippen molar-refractivity contribution in [1.29, 1.82) is 0 Å². The molecule has 34 heavy (non-hydrogen) atoms. The molecule has 0 bridgehead atoms. The molecule has 3 aromatic rings. The number of nitrogens with zero attached hydrogens (tertiary/aromatic N) is 2. The number of aryl methyl sites for hydroxylation is 1. The minimum atomic E-state index is 0.623. The van der Waals surface area contributed by atoms with Crippen molar-refractivity contribution in [2.24, 2.45) is 0 Å². The maximum absolute atomic E-state index is 6.02. The fourth-order valence-electron chi connectivity index (χ4n) is 4.51. The summed E-state index contributed by atoms with van der Waals surface area (Å²) in [6.07, 6.45) is 17.6.